The smallest absolute Gasteiger partial charge is 0.306 e. The van der Waals surface area contributed by atoms with Gasteiger partial charge in [0.25, 0.3) is 0 Å². The number of rotatable bonds is 18. The van der Waals surface area contributed by atoms with E-state index in [-0.39, 0.29) is 42.2 Å². The van der Waals surface area contributed by atoms with Crippen LogP contribution < -0.4 is 5.32 Å². The van der Waals surface area contributed by atoms with Gasteiger partial charge in [-0.2, -0.15) is 0 Å². The SMILES string of the molecule is C=CCCC(=O)OC[C@@H](NC(=O)[C@@H]1[C@H]2O[C@@]3(CC2Br)[C@H](C(=O)N(CC=C)CCCC)N([C@@H](CO)[C@@H](C)CC)C(=O)[C@@H]13)c1ccccc1. The van der Waals surface area contributed by atoms with E-state index in [4.69, 9.17) is 9.47 Å². The second-order valence-corrected chi connectivity index (χ2v) is 14.1. The number of ether oxygens (including phenoxy) is 2. The molecule has 1 unspecified atom stereocenters. The van der Waals surface area contributed by atoms with Crippen molar-refractivity contribution >= 4 is 39.6 Å². The standard InChI is InChI=1S/C36H50BrN3O7/c1-6-10-17-28(42)46-22-26(24-15-13-12-14-16-24)38-33(43)29-30-34(44)40(27(21-41)23(5)9-4)32(36(30)20-25(37)31(29)47-36)35(45)39(18-8-3)19-11-7-2/h6,8,12-16,23,25-27,29-32,41H,1,3,7,9-11,17-22H2,2,4-5H3,(H,38,43)/t23-,25?,26+,27-,29-,30+,31-,32-,36+/m0/s1. The number of nitrogens with zero attached hydrogens (tertiary/aromatic N) is 2. The van der Waals surface area contributed by atoms with E-state index in [0.717, 1.165) is 18.4 Å². The van der Waals surface area contributed by atoms with Gasteiger partial charge in [-0.3, -0.25) is 19.2 Å². The van der Waals surface area contributed by atoms with Gasteiger partial charge in [-0.05, 0) is 30.7 Å². The first-order valence-electron chi connectivity index (χ1n) is 16.9. The molecular formula is C36H50BrN3O7. The van der Waals surface area contributed by atoms with Crippen LogP contribution in [0.15, 0.2) is 55.6 Å². The molecule has 3 heterocycles. The molecule has 1 spiro atoms. The lowest BCUT2D eigenvalue weighted by Gasteiger charge is -2.41. The van der Waals surface area contributed by atoms with Gasteiger partial charge < -0.3 is 29.7 Å². The molecule has 258 valence electrons. The summed E-state index contributed by atoms with van der Waals surface area (Å²) in [5.41, 5.74) is -0.520. The summed E-state index contributed by atoms with van der Waals surface area (Å²) in [6, 6.07) is 6.89. The fourth-order valence-electron chi connectivity index (χ4n) is 7.43. The lowest BCUT2D eigenvalue weighted by atomic mass is 9.70. The highest BCUT2D eigenvalue weighted by molar-refractivity contribution is 9.09. The van der Waals surface area contributed by atoms with E-state index in [1.807, 2.05) is 51.1 Å². The molecule has 0 radical (unpaired) electrons. The Morgan fingerprint density at radius 1 is 1.23 bits per heavy atom. The van der Waals surface area contributed by atoms with Crippen LogP contribution in [0.25, 0.3) is 0 Å². The normalized spacial score (nSPS) is 27.9. The van der Waals surface area contributed by atoms with Crippen molar-refractivity contribution in [3.05, 3.63) is 61.2 Å². The highest BCUT2D eigenvalue weighted by Gasteiger charge is 2.77. The van der Waals surface area contributed by atoms with Crippen LogP contribution >= 0.6 is 15.9 Å². The van der Waals surface area contributed by atoms with E-state index in [9.17, 15) is 24.3 Å². The maximum absolute atomic E-state index is 14.7. The van der Waals surface area contributed by atoms with Crippen molar-refractivity contribution in [2.24, 2.45) is 17.8 Å². The number of amides is 3. The number of benzene rings is 1. The number of aliphatic hydroxyl groups excluding tert-OH is 1. The van der Waals surface area contributed by atoms with Crippen molar-refractivity contribution in [2.45, 2.75) is 94.0 Å². The second-order valence-electron chi connectivity index (χ2n) is 13.0. The maximum Gasteiger partial charge on any atom is 0.306 e. The predicted octanol–water partition coefficient (Wildman–Crippen LogP) is 4.32. The fourth-order valence-corrected chi connectivity index (χ4v) is 8.37. The number of nitrogens with one attached hydrogen (secondary N) is 1. The van der Waals surface area contributed by atoms with Crippen LogP contribution in [0.1, 0.15) is 70.9 Å². The highest BCUT2D eigenvalue weighted by Crippen LogP contribution is 2.60. The average molecular weight is 717 g/mol. The lowest BCUT2D eigenvalue weighted by Crippen LogP contribution is -2.60. The van der Waals surface area contributed by atoms with Crippen LogP contribution in [-0.4, -0.2) is 93.5 Å². The summed E-state index contributed by atoms with van der Waals surface area (Å²) in [6.45, 7) is 13.9. The van der Waals surface area contributed by atoms with Crippen LogP contribution in [-0.2, 0) is 28.7 Å². The van der Waals surface area contributed by atoms with Gasteiger partial charge in [-0.1, -0.05) is 92.0 Å². The third kappa shape index (κ3) is 7.37. The molecule has 3 amide bonds. The van der Waals surface area contributed by atoms with Crippen molar-refractivity contribution in [2.75, 3.05) is 26.3 Å². The average Bonchev–Trinajstić information content (AvgIpc) is 3.67. The van der Waals surface area contributed by atoms with Gasteiger partial charge in [0.2, 0.25) is 17.7 Å². The van der Waals surface area contributed by atoms with Gasteiger partial charge >= 0.3 is 5.97 Å². The molecule has 3 fully saturated rings. The Hall–Kier alpha value is -3.02. The summed E-state index contributed by atoms with van der Waals surface area (Å²) in [4.78, 5) is 58.9. The molecule has 3 aliphatic heterocycles. The number of hydrogen-bond donors (Lipinski definition) is 2. The minimum absolute atomic E-state index is 0.0900. The van der Waals surface area contributed by atoms with Crippen LogP contribution in [0.3, 0.4) is 0 Å². The Bertz CT molecular complexity index is 1290. The molecular weight excluding hydrogens is 666 g/mol. The summed E-state index contributed by atoms with van der Waals surface area (Å²) in [6.07, 6.45) is 6.01. The largest absolute Gasteiger partial charge is 0.463 e. The summed E-state index contributed by atoms with van der Waals surface area (Å²) in [5, 5.41) is 13.7. The Morgan fingerprint density at radius 2 is 1.96 bits per heavy atom. The van der Waals surface area contributed by atoms with E-state index < -0.39 is 53.5 Å². The molecule has 1 aromatic rings. The molecule has 47 heavy (non-hydrogen) atoms. The number of halogens is 1. The highest BCUT2D eigenvalue weighted by atomic mass is 79.9. The molecule has 4 rings (SSSR count). The van der Waals surface area contributed by atoms with Gasteiger partial charge in [-0.15, -0.1) is 13.2 Å². The summed E-state index contributed by atoms with van der Waals surface area (Å²) in [7, 11) is 0. The summed E-state index contributed by atoms with van der Waals surface area (Å²) in [5.74, 6) is -3.39. The first-order valence-corrected chi connectivity index (χ1v) is 17.8. The maximum atomic E-state index is 14.7. The lowest BCUT2D eigenvalue weighted by molar-refractivity contribution is -0.152. The van der Waals surface area contributed by atoms with Crippen molar-refractivity contribution in [1.82, 2.24) is 15.1 Å². The molecule has 3 saturated heterocycles. The number of alkyl halides is 1. The van der Waals surface area contributed by atoms with Gasteiger partial charge in [0, 0.05) is 24.3 Å². The minimum Gasteiger partial charge on any atom is -0.463 e. The number of esters is 1. The number of carbonyl (C=O) groups is 4. The fraction of sp³-hybridized carbons (Fsp3) is 0.611. The van der Waals surface area contributed by atoms with E-state index >= 15 is 0 Å². The van der Waals surface area contributed by atoms with Crippen molar-refractivity contribution < 1.29 is 33.8 Å². The van der Waals surface area contributed by atoms with Crippen LogP contribution in [0.5, 0.6) is 0 Å². The van der Waals surface area contributed by atoms with E-state index in [0.29, 0.717) is 32.4 Å². The predicted molar refractivity (Wildman–Crippen MR) is 182 cm³/mol. The van der Waals surface area contributed by atoms with Gasteiger partial charge in [0.05, 0.1) is 36.6 Å². The first kappa shape index (κ1) is 36.8. The Labute approximate surface area is 287 Å². The number of unbranched alkanes of at least 4 members (excludes halogenated alkanes) is 1. The monoisotopic (exact) mass is 715 g/mol. The van der Waals surface area contributed by atoms with Crippen LogP contribution in [0.2, 0.25) is 0 Å². The topological polar surface area (TPSA) is 125 Å². The van der Waals surface area contributed by atoms with E-state index in [1.54, 1.807) is 22.0 Å². The number of likely N-dealkylation sites (tertiary alicyclic amines) is 1. The Morgan fingerprint density at radius 3 is 2.57 bits per heavy atom. The number of fused-ring (bicyclic) bond motifs is 1. The Kier molecular flexibility index (Phi) is 12.8. The van der Waals surface area contributed by atoms with Crippen LogP contribution in [0, 0.1) is 17.8 Å². The zero-order chi connectivity index (χ0) is 34.3. The molecule has 11 heteroatoms. The molecule has 9 atom stereocenters. The molecule has 10 nitrogen and oxygen atoms in total. The first-order chi connectivity index (χ1) is 22.6. The molecule has 2 N–H and O–H groups in total. The quantitative estimate of drug-likeness (QED) is 0.132. The number of aliphatic hydroxyl groups is 1. The number of carbonyl (C=O) groups excluding carboxylic acids is 4. The molecule has 0 saturated carbocycles. The third-order valence-electron chi connectivity index (χ3n) is 10.0. The molecule has 0 aromatic heterocycles. The zero-order valence-electron chi connectivity index (χ0n) is 27.8. The summed E-state index contributed by atoms with van der Waals surface area (Å²) < 4.78 is 12.3. The van der Waals surface area contributed by atoms with Crippen molar-refractivity contribution in [1.29, 1.82) is 0 Å². The number of hydrogen-bond acceptors (Lipinski definition) is 7. The minimum atomic E-state index is -1.26. The van der Waals surface area contributed by atoms with Crippen molar-refractivity contribution in [3.63, 3.8) is 0 Å². The van der Waals surface area contributed by atoms with Gasteiger partial charge in [0.1, 0.15) is 18.2 Å². The van der Waals surface area contributed by atoms with E-state index in [1.165, 1.54) is 0 Å². The number of allylic oxidation sites excluding steroid dienone is 1. The zero-order valence-corrected chi connectivity index (χ0v) is 29.4. The van der Waals surface area contributed by atoms with Gasteiger partial charge in [-0.25, -0.2) is 0 Å². The van der Waals surface area contributed by atoms with Gasteiger partial charge in [0.15, 0.2) is 0 Å². The molecule has 3 aliphatic rings. The molecule has 0 aliphatic carbocycles. The third-order valence-corrected chi connectivity index (χ3v) is 10.9. The summed E-state index contributed by atoms with van der Waals surface area (Å²) >= 11 is 3.74. The van der Waals surface area contributed by atoms with Crippen LogP contribution in [0.4, 0.5) is 0 Å². The molecule has 2 bridgehead atoms. The van der Waals surface area contributed by atoms with E-state index in [2.05, 4.69) is 34.4 Å². The molecule has 1 aromatic carbocycles. The Balaban J connectivity index is 1.72. The van der Waals surface area contributed by atoms with Crippen molar-refractivity contribution in [3.8, 4) is 0 Å². The second kappa shape index (κ2) is 16.4.